The van der Waals surface area contributed by atoms with Gasteiger partial charge < -0.3 is 15.8 Å². The maximum absolute atomic E-state index is 12.1. The van der Waals surface area contributed by atoms with E-state index in [1.807, 2.05) is 6.92 Å². The first-order valence-electron chi connectivity index (χ1n) is 6.58. The number of aromatic nitrogens is 1. The maximum atomic E-state index is 12.1. The molecule has 1 aromatic heterocycles. The van der Waals surface area contributed by atoms with Crippen molar-refractivity contribution < 1.29 is 9.53 Å². The van der Waals surface area contributed by atoms with Crippen LogP contribution in [0, 0.1) is 5.41 Å². The van der Waals surface area contributed by atoms with Gasteiger partial charge in [0.1, 0.15) is 0 Å². The van der Waals surface area contributed by atoms with Crippen LogP contribution in [0.2, 0.25) is 0 Å². The van der Waals surface area contributed by atoms with Crippen molar-refractivity contribution in [2.24, 2.45) is 5.41 Å². The molecule has 0 spiro atoms. The Labute approximate surface area is 113 Å². The number of rotatable bonds is 4. The number of hydrogen-bond acceptors (Lipinski definition) is 4. The zero-order valence-electron chi connectivity index (χ0n) is 11.6. The molecule has 1 aliphatic rings. The number of nitrogens with zero attached hydrogens (tertiary/aromatic N) is 1. The standard InChI is InChI=1S/C14H21N3O2/c1-4-19-12-7-11(14(12,2)3)17-13(18)9-8-16-6-5-10(9)15/h5-6,8,11-12H,4,7H2,1-3H3,(H2,15,16)(H,17,18). The molecule has 19 heavy (non-hydrogen) atoms. The molecule has 0 aliphatic heterocycles. The normalized spacial score (nSPS) is 24.6. The molecule has 104 valence electrons. The molecule has 0 saturated heterocycles. The molecule has 1 aliphatic carbocycles. The van der Waals surface area contributed by atoms with Crippen LogP contribution < -0.4 is 11.1 Å². The number of amides is 1. The van der Waals surface area contributed by atoms with E-state index in [1.165, 1.54) is 6.20 Å². The van der Waals surface area contributed by atoms with Gasteiger partial charge in [-0.15, -0.1) is 0 Å². The van der Waals surface area contributed by atoms with Crippen LogP contribution in [0.4, 0.5) is 5.69 Å². The van der Waals surface area contributed by atoms with Crippen LogP contribution in [0.15, 0.2) is 18.5 Å². The minimum atomic E-state index is -0.168. The van der Waals surface area contributed by atoms with Gasteiger partial charge in [0.25, 0.3) is 5.91 Å². The summed E-state index contributed by atoms with van der Waals surface area (Å²) >= 11 is 0. The summed E-state index contributed by atoms with van der Waals surface area (Å²) in [7, 11) is 0. The third kappa shape index (κ3) is 2.56. The van der Waals surface area contributed by atoms with Crippen LogP contribution in [0.1, 0.15) is 37.6 Å². The summed E-state index contributed by atoms with van der Waals surface area (Å²) in [5, 5.41) is 3.01. The van der Waals surface area contributed by atoms with Gasteiger partial charge in [0, 0.05) is 36.1 Å². The van der Waals surface area contributed by atoms with Gasteiger partial charge in [-0.05, 0) is 19.4 Å². The second-order valence-corrected chi connectivity index (χ2v) is 5.49. The third-order valence-corrected chi connectivity index (χ3v) is 3.95. The van der Waals surface area contributed by atoms with Crippen molar-refractivity contribution in [2.45, 2.75) is 39.3 Å². The number of carbonyl (C=O) groups is 1. The van der Waals surface area contributed by atoms with Crippen LogP contribution in [0.5, 0.6) is 0 Å². The molecular weight excluding hydrogens is 242 g/mol. The molecule has 1 saturated carbocycles. The van der Waals surface area contributed by atoms with Crippen LogP contribution in [0.25, 0.3) is 0 Å². The van der Waals surface area contributed by atoms with E-state index < -0.39 is 0 Å². The fraction of sp³-hybridized carbons (Fsp3) is 0.571. The van der Waals surface area contributed by atoms with Crippen molar-refractivity contribution >= 4 is 11.6 Å². The van der Waals surface area contributed by atoms with Gasteiger partial charge in [-0.2, -0.15) is 0 Å². The van der Waals surface area contributed by atoms with E-state index in [1.54, 1.807) is 12.3 Å². The molecule has 0 aromatic carbocycles. The minimum absolute atomic E-state index is 0.0529. The highest BCUT2D eigenvalue weighted by Crippen LogP contribution is 2.42. The average Bonchev–Trinajstić information content (AvgIpc) is 2.38. The first-order chi connectivity index (χ1) is 8.96. The summed E-state index contributed by atoms with van der Waals surface area (Å²) in [5.41, 5.74) is 6.60. The molecule has 0 bridgehead atoms. The van der Waals surface area contributed by atoms with Crippen LogP contribution in [0.3, 0.4) is 0 Å². The molecular formula is C14H21N3O2. The van der Waals surface area contributed by atoms with E-state index >= 15 is 0 Å². The first-order valence-corrected chi connectivity index (χ1v) is 6.58. The van der Waals surface area contributed by atoms with Crippen molar-refractivity contribution in [1.29, 1.82) is 0 Å². The molecule has 0 radical (unpaired) electrons. The molecule has 3 N–H and O–H groups in total. The quantitative estimate of drug-likeness (QED) is 0.865. The van der Waals surface area contributed by atoms with Gasteiger partial charge >= 0.3 is 0 Å². The number of nitrogens with two attached hydrogens (primary N) is 1. The van der Waals surface area contributed by atoms with Crippen LogP contribution in [-0.4, -0.2) is 29.6 Å². The second-order valence-electron chi connectivity index (χ2n) is 5.49. The number of hydrogen-bond donors (Lipinski definition) is 2. The highest BCUT2D eigenvalue weighted by atomic mass is 16.5. The zero-order valence-corrected chi connectivity index (χ0v) is 11.6. The topological polar surface area (TPSA) is 77.2 Å². The molecule has 5 heteroatoms. The lowest BCUT2D eigenvalue weighted by Crippen LogP contribution is -2.62. The summed E-state index contributed by atoms with van der Waals surface area (Å²) in [6.07, 6.45) is 4.11. The number of anilines is 1. The van der Waals surface area contributed by atoms with E-state index in [-0.39, 0.29) is 23.5 Å². The summed E-state index contributed by atoms with van der Waals surface area (Å²) in [6.45, 7) is 6.89. The Morgan fingerprint density at radius 3 is 2.95 bits per heavy atom. The predicted molar refractivity (Wildman–Crippen MR) is 73.7 cm³/mol. The highest BCUT2D eigenvalue weighted by Gasteiger charge is 2.49. The van der Waals surface area contributed by atoms with Gasteiger partial charge in [-0.3, -0.25) is 9.78 Å². The predicted octanol–water partition coefficient (Wildman–Crippen LogP) is 1.60. The monoisotopic (exact) mass is 263 g/mol. The Kier molecular flexibility index (Phi) is 3.75. The van der Waals surface area contributed by atoms with Crippen molar-refractivity contribution in [3.63, 3.8) is 0 Å². The summed E-state index contributed by atoms with van der Waals surface area (Å²) in [6, 6.07) is 1.74. The lowest BCUT2D eigenvalue weighted by molar-refractivity contribution is -0.111. The van der Waals surface area contributed by atoms with Crippen molar-refractivity contribution in [3.05, 3.63) is 24.0 Å². The summed E-state index contributed by atoms with van der Waals surface area (Å²) in [4.78, 5) is 16.1. The zero-order chi connectivity index (χ0) is 14.0. The van der Waals surface area contributed by atoms with Crippen LogP contribution >= 0.6 is 0 Å². The van der Waals surface area contributed by atoms with Gasteiger partial charge in [0.2, 0.25) is 0 Å². The molecule has 5 nitrogen and oxygen atoms in total. The lowest BCUT2D eigenvalue weighted by Gasteiger charge is -2.51. The number of ether oxygens (including phenoxy) is 1. The van der Waals surface area contributed by atoms with E-state index in [2.05, 4.69) is 24.1 Å². The van der Waals surface area contributed by atoms with E-state index in [0.717, 1.165) is 6.42 Å². The van der Waals surface area contributed by atoms with Gasteiger partial charge in [0.05, 0.1) is 11.7 Å². The van der Waals surface area contributed by atoms with Gasteiger partial charge in [0.15, 0.2) is 0 Å². The van der Waals surface area contributed by atoms with Crippen molar-refractivity contribution in [2.75, 3.05) is 12.3 Å². The second kappa shape index (κ2) is 5.17. The summed E-state index contributed by atoms with van der Waals surface area (Å²) < 4.78 is 5.65. The first kappa shape index (κ1) is 13.8. The van der Waals surface area contributed by atoms with Crippen molar-refractivity contribution in [3.8, 4) is 0 Å². The SMILES string of the molecule is CCOC1CC(NC(=O)c2cnccc2N)C1(C)C. The fourth-order valence-corrected chi connectivity index (χ4v) is 2.45. The van der Waals surface area contributed by atoms with Crippen molar-refractivity contribution in [1.82, 2.24) is 10.3 Å². The lowest BCUT2D eigenvalue weighted by atomic mass is 9.64. The average molecular weight is 263 g/mol. The molecule has 2 unspecified atom stereocenters. The number of nitrogens with one attached hydrogen (secondary N) is 1. The largest absolute Gasteiger partial charge is 0.398 e. The molecule has 2 rings (SSSR count). The number of pyridine rings is 1. The smallest absolute Gasteiger partial charge is 0.255 e. The molecule has 1 amide bonds. The Morgan fingerprint density at radius 2 is 2.37 bits per heavy atom. The van der Waals surface area contributed by atoms with E-state index in [9.17, 15) is 4.79 Å². The van der Waals surface area contributed by atoms with Gasteiger partial charge in [-0.1, -0.05) is 13.8 Å². The minimum Gasteiger partial charge on any atom is -0.398 e. The van der Waals surface area contributed by atoms with E-state index in [0.29, 0.717) is 17.9 Å². The fourth-order valence-electron chi connectivity index (χ4n) is 2.45. The highest BCUT2D eigenvalue weighted by molar-refractivity contribution is 5.98. The Bertz CT molecular complexity index is 474. The Hall–Kier alpha value is -1.62. The third-order valence-electron chi connectivity index (χ3n) is 3.95. The molecule has 1 fully saturated rings. The van der Waals surface area contributed by atoms with E-state index in [4.69, 9.17) is 10.5 Å². The Balaban J connectivity index is 2.00. The molecule has 1 heterocycles. The maximum Gasteiger partial charge on any atom is 0.255 e. The molecule has 2 atom stereocenters. The summed E-state index contributed by atoms with van der Waals surface area (Å²) in [5.74, 6) is -0.168. The molecule has 1 aromatic rings. The number of nitrogen functional groups attached to an aromatic ring is 1. The van der Waals surface area contributed by atoms with Crippen LogP contribution in [-0.2, 0) is 4.74 Å². The Morgan fingerprint density at radius 1 is 1.63 bits per heavy atom. The van der Waals surface area contributed by atoms with Gasteiger partial charge in [-0.25, -0.2) is 0 Å². The number of carbonyl (C=O) groups excluding carboxylic acids is 1.